The molecule has 0 amide bonds. The summed E-state index contributed by atoms with van der Waals surface area (Å²) in [4.78, 5) is 10.9. The van der Waals surface area contributed by atoms with Gasteiger partial charge in [0.05, 0.1) is 6.42 Å². The number of carbonyl (C=O) groups is 1. The first-order valence-corrected chi connectivity index (χ1v) is 6.01. The Balaban J connectivity index is 2.54. The number of fused-ring (bicyclic) bond motifs is 1. The second-order valence-electron chi connectivity index (χ2n) is 5.05. The quantitative estimate of drug-likeness (QED) is 0.917. The van der Waals surface area contributed by atoms with E-state index in [1.807, 2.05) is 20.8 Å². The van der Waals surface area contributed by atoms with E-state index in [1.54, 1.807) is 6.07 Å². The van der Waals surface area contributed by atoms with Gasteiger partial charge in [0.2, 0.25) is 6.79 Å². The minimum absolute atomic E-state index is 0.00715. The standard InChI is InChI=1S/C13H15ClO4/c1-7-11(13(2,3)5-10(15)16)8(14)4-9-12(7)18-6-17-9/h4H,5-6H2,1-3H3,(H,15,16). The molecule has 0 saturated heterocycles. The molecule has 0 bridgehead atoms. The molecule has 1 aliphatic heterocycles. The van der Waals surface area contributed by atoms with Gasteiger partial charge < -0.3 is 14.6 Å². The third-order valence-electron chi connectivity index (χ3n) is 3.12. The molecule has 0 spiro atoms. The minimum atomic E-state index is -0.854. The van der Waals surface area contributed by atoms with Gasteiger partial charge in [0, 0.05) is 22.1 Å². The molecule has 1 heterocycles. The van der Waals surface area contributed by atoms with Crippen LogP contribution in [0.3, 0.4) is 0 Å². The van der Waals surface area contributed by atoms with Gasteiger partial charge >= 0.3 is 5.97 Å². The molecule has 18 heavy (non-hydrogen) atoms. The summed E-state index contributed by atoms with van der Waals surface area (Å²) in [5.74, 6) is 0.424. The molecular formula is C13H15ClO4. The predicted molar refractivity (Wildman–Crippen MR) is 67.6 cm³/mol. The van der Waals surface area contributed by atoms with Crippen molar-refractivity contribution in [3.63, 3.8) is 0 Å². The van der Waals surface area contributed by atoms with Gasteiger partial charge in [-0.2, -0.15) is 0 Å². The summed E-state index contributed by atoms with van der Waals surface area (Å²) in [7, 11) is 0. The van der Waals surface area contributed by atoms with Gasteiger partial charge in [-0.05, 0) is 12.5 Å². The highest BCUT2D eigenvalue weighted by atomic mass is 35.5. The first-order valence-electron chi connectivity index (χ1n) is 5.64. The Labute approximate surface area is 110 Å². The molecule has 1 aromatic carbocycles. The Morgan fingerprint density at radius 3 is 2.78 bits per heavy atom. The fraction of sp³-hybridized carbons (Fsp3) is 0.462. The zero-order valence-corrected chi connectivity index (χ0v) is 11.3. The van der Waals surface area contributed by atoms with Crippen molar-refractivity contribution in [2.24, 2.45) is 0 Å². The lowest BCUT2D eigenvalue weighted by Crippen LogP contribution is -2.23. The monoisotopic (exact) mass is 270 g/mol. The maximum absolute atomic E-state index is 10.9. The van der Waals surface area contributed by atoms with Gasteiger partial charge in [-0.25, -0.2) is 0 Å². The van der Waals surface area contributed by atoms with E-state index >= 15 is 0 Å². The van der Waals surface area contributed by atoms with E-state index in [9.17, 15) is 4.79 Å². The van der Waals surface area contributed by atoms with Crippen molar-refractivity contribution in [3.8, 4) is 11.5 Å². The fourth-order valence-corrected chi connectivity index (χ4v) is 2.96. The Kier molecular flexibility index (Phi) is 3.15. The highest BCUT2D eigenvalue weighted by Crippen LogP contribution is 2.45. The number of benzene rings is 1. The highest BCUT2D eigenvalue weighted by Gasteiger charge is 2.32. The summed E-state index contributed by atoms with van der Waals surface area (Å²) in [5, 5.41) is 9.50. The number of aliphatic carboxylic acids is 1. The Bertz CT molecular complexity index is 508. The second-order valence-corrected chi connectivity index (χ2v) is 5.45. The van der Waals surface area contributed by atoms with Crippen molar-refractivity contribution in [1.82, 2.24) is 0 Å². The molecular weight excluding hydrogens is 256 g/mol. The molecule has 0 atom stereocenters. The zero-order valence-electron chi connectivity index (χ0n) is 10.5. The topological polar surface area (TPSA) is 55.8 Å². The maximum Gasteiger partial charge on any atom is 0.304 e. The number of rotatable bonds is 3. The summed E-state index contributed by atoms with van der Waals surface area (Å²) >= 11 is 6.25. The Morgan fingerprint density at radius 2 is 2.17 bits per heavy atom. The van der Waals surface area contributed by atoms with Crippen LogP contribution in [0, 0.1) is 6.92 Å². The van der Waals surface area contributed by atoms with Gasteiger partial charge in [-0.3, -0.25) is 4.79 Å². The van der Waals surface area contributed by atoms with Crippen LogP contribution < -0.4 is 9.47 Å². The van der Waals surface area contributed by atoms with Crippen molar-refractivity contribution in [1.29, 1.82) is 0 Å². The molecule has 0 aromatic heterocycles. The summed E-state index contributed by atoms with van der Waals surface area (Å²) in [6.45, 7) is 5.77. The van der Waals surface area contributed by atoms with Crippen LogP contribution in [0.4, 0.5) is 0 Å². The van der Waals surface area contributed by atoms with E-state index < -0.39 is 11.4 Å². The van der Waals surface area contributed by atoms with Crippen molar-refractivity contribution in [3.05, 3.63) is 22.2 Å². The molecule has 1 N–H and O–H groups in total. The second kappa shape index (κ2) is 4.35. The highest BCUT2D eigenvalue weighted by molar-refractivity contribution is 6.31. The molecule has 0 aliphatic carbocycles. The third kappa shape index (κ3) is 2.12. The van der Waals surface area contributed by atoms with Crippen LogP contribution in [0.15, 0.2) is 6.07 Å². The van der Waals surface area contributed by atoms with Gasteiger partial charge in [-0.1, -0.05) is 25.4 Å². The molecule has 4 nitrogen and oxygen atoms in total. The lowest BCUT2D eigenvalue weighted by Gasteiger charge is -2.27. The van der Waals surface area contributed by atoms with Gasteiger partial charge in [-0.15, -0.1) is 0 Å². The number of ether oxygens (including phenoxy) is 2. The summed E-state index contributed by atoms with van der Waals surface area (Å²) < 4.78 is 10.7. The number of carboxylic acids is 1. The number of hydrogen-bond acceptors (Lipinski definition) is 3. The van der Waals surface area contributed by atoms with Crippen molar-refractivity contribution in [2.45, 2.75) is 32.6 Å². The number of hydrogen-bond donors (Lipinski definition) is 1. The third-order valence-corrected chi connectivity index (χ3v) is 3.42. The largest absolute Gasteiger partial charge is 0.481 e. The predicted octanol–water partition coefficient (Wildman–Crippen LogP) is 3.13. The smallest absolute Gasteiger partial charge is 0.304 e. The van der Waals surface area contributed by atoms with Gasteiger partial charge in [0.15, 0.2) is 11.5 Å². The summed E-state index contributed by atoms with van der Waals surface area (Å²) in [6.07, 6.45) is 0.00715. The SMILES string of the molecule is Cc1c2c(cc(Cl)c1C(C)(C)CC(=O)O)OCO2. The van der Waals surface area contributed by atoms with Crippen LogP contribution >= 0.6 is 11.6 Å². The minimum Gasteiger partial charge on any atom is -0.481 e. The van der Waals surface area contributed by atoms with E-state index in [-0.39, 0.29) is 13.2 Å². The van der Waals surface area contributed by atoms with Gasteiger partial charge in [0.25, 0.3) is 0 Å². The van der Waals surface area contributed by atoms with E-state index in [0.29, 0.717) is 16.5 Å². The van der Waals surface area contributed by atoms with E-state index in [0.717, 1.165) is 11.1 Å². The molecule has 98 valence electrons. The average molecular weight is 271 g/mol. The van der Waals surface area contributed by atoms with Crippen LogP contribution in [0.5, 0.6) is 11.5 Å². The van der Waals surface area contributed by atoms with E-state index in [2.05, 4.69) is 0 Å². The van der Waals surface area contributed by atoms with Crippen molar-refractivity contribution >= 4 is 17.6 Å². The van der Waals surface area contributed by atoms with Crippen LogP contribution in [-0.2, 0) is 10.2 Å². The normalized spacial score (nSPS) is 13.8. The summed E-state index contributed by atoms with van der Waals surface area (Å²) in [6, 6.07) is 1.69. The molecule has 2 rings (SSSR count). The molecule has 5 heteroatoms. The summed E-state index contributed by atoms with van der Waals surface area (Å²) in [5.41, 5.74) is 1.09. The lowest BCUT2D eigenvalue weighted by molar-refractivity contribution is -0.138. The van der Waals surface area contributed by atoms with Crippen LogP contribution in [0.2, 0.25) is 5.02 Å². The molecule has 0 fully saturated rings. The molecule has 1 aromatic rings. The number of halogens is 1. The van der Waals surface area contributed by atoms with Crippen LogP contribution in [0.1, 0.15) is 31.4 Å². The first kappa shape index (κ1) is 13.0. The van der Waals surface area contributed by atoms with Crippen molar-refractivity contribution < 1.29 is 19.4 Å². The fourth-order valence-electron chi connectivity index (χ4n) is 2.47. The Hall–Kier alpha value is -1.42. The lowest BCUT2D eigenvalue weighted by atomic mass is 9.79. The van der Waals surface area contributed by atoms with Crippen molar-refractivity contribution in [2.75, 3.05) is 6.79 Å². The number of carboxylic acid groups (broad SMARTS) is 1. The Morgan fingerprint density at radius 1 is 1.50 bits per heavy atom. The van der Waals surface area contributed by atoms with Crippen LogP contribution in [0.25, 0.3) is 0 Å². The first-order chi connectivity index (χ1) is 8.33. The zero-order chi connectivity index (χ0) is 13.5. The van der Waals surface area contributed by atoms with Crippen LogP contribution in [-0.4, -0.2) is 17.9 Å². The molecule has 1 aliphatic rings. The maximum atomic E-state index is 10.9. The molecule has 0 unspecified atom stereocenters. The van der Waals surface area contributed by atoms with E-state index in [1.165, 1.54) is 0 Å². The van der Waals surface area contributed by atoms with E-state index in [4.69, 9.17) is 26.2 Å². The molecule has 0 saturated carbocycles. The van der Waals surface area contributed by atoms with Gasteiger partial charge in [0.1, 0.15) is 0 Å². The average Bonchev–Trinajstić information content (AvgIpc) is 2.62. The molecule has 0 radical (unpaired) electrons.